The monoisotopic (exact) mass is 610 g/mol. The fraction of sp³-hybridized carbons (Fsp3) is 0.469. The summed E-state index contributed by atoms with van der Waals surface area (Å²) < 4.78 is 50.3. The summed E-state index contributed by atoms with van der Waals surface area (Å²) in [6.45, 7) is 4.73. The molecule has 6 rings (SSSR count). The van der Waals surface area contributed by atoms with E-state index in [0.29, 0.717) is 43.0 Å². The SMILES string of the molecule is COc1ccc([C@@H](CCCNc2nccc(C(F)(F)F)n2)N2Cc3c(cccc3N3CCN(C4CC4)CC3)C2=O)cc1OC. The van der Waals surface area contributed by atoms with Gasteiger partial charge in [-0.05, 0) is 61.6 Å². The van der Waals surface area contributed by atoms with Crippen LogP contribution in [0.2, 0.25) is 0 Å². The Kier molecular flexibility index (Phi) is 8.53. The minimum absolute atomic E-state index is 0.0348. The van der Waals surface area contributed by atoms with Crippen LogP contribution >= 0.6 is 0 Å². The van der Waals surface area contributed by atoms with Crippen LogP contribution in [0, 0.1) is 0 Å². The first-order valence-corrected chi connectivity index (χ1v) is 15.0. The van der Waals surface area contributed by atoms with Crippen LogP contribution < -0.4 is 19.7 Å². The Hall–Kier alpha value is -4.06. The Morgan fingerprint density at radius 2 is 1.80 bits per heavy atom. The number of alkyl halides is 3. The Bertz CT molecular complexity index is 1490. The van der Waals surface area contributed by atoms with E-state index >= 15 is 0 Å². The Balaban J connectivity index is 1.21. The molecule has 2 aliphatic heterocycles. The van der Waals surface area contributed by atoms with Gasteiger partial charge in [-0.2, -0.15) is 13.2 Å². The number of hydrogen-bond donors (Lipinski definition) is 1. The topological polar surface area (TPSA) is 83.1 Å². The van der Waals surface area contributed by atoms with Crippen LogP contribution in [0.15, 0.2) is 48.7 Å². The average molecular weight is 611 g/mol. The Morgan fingerprint density at radius 3 is 2.50 bits per heavy atom. The third-order valence-electron chi connectivity index (χ3n) is 8.74. The minimum atomic E-state index is -4.55. The molecular weight excluding hydrogens is 573 g/mol. The van der Waals surface area contributed by atoms with Gasteiger partial charge in [0, 0.05) is 68.3 Å². The number of amides is 1. The van der Waals surface area contributed by atoms with E-state index in [4.69, 9.17) is 9.47 Å². The summed E-state index contributed by atoms with van der Waals surface area (Å²) in [5.41, 5.74) is 2.76. The van der Waals surface area contributed by atoms with Crippen molar-refractivity contribution in [3.8, 4) is 11.5 Å². The van der Waals surface area contributed by atoms with Gasteiger partial charge in [-0.25, -0.2) is 9.97 Å². The van der Waals surface area contributed by atoms with E-state index < -0.39 is 11.9 Å². The summed E-state index contributed by atoms with van der Waals surface area (Å²) in [7, 11) is 3.14. The van der Waals surface area contributed by atoms with Crippen molar-refractivity contribution >= 4 is 17.5 Å². The predicted molar refractivity (Wildman–Crippen MR) is 160 cm³/mol. The second-order valence-electron chi connectivity index (χ2n) is 11.5. The zero-order valence-corrected chi connectivity index (χ0v) is 24.9. The second-order valence-corrected chi connectivity index (χ2v) is 11.5. The molecule has 1 aliphatic carbocycles. The molecule has 44 heavy (non-hydrogen) atoms. The summed E-state index contributed by atoms with van der Waals surface area (Å²) >= 11 is 0. The smallest absolute Gasteiger partial charge is 0.433 e. The lowest BCUT2D eigenvalue weighted by Gasteiger charge is -2.37. The molecule has 0 spiro atoms. The quantitative estimate of drug-likeness (QED) is 0.290. The molecular formula is C32H37F3N6O3. The molecule has 1 saturated heterocycles. The molecule has 0 unspecified atom stereocenters. The predicted octanol–water partition coefficient (Wildman–Crippen LogP) is 5.39. The maximum absolute atomic E-state index is 14.0. The zero-order chi connectivity index (χ0) is 30.8. The van der Waals surface area contributed by atoms with Crippen molar-refractivity contribution < 1.29 is 27.4 Å². The molecule has 3 aliphatic rings. The molecule has 1 N–H and O–H groups in total. The number of halogens is 3. The van der Waals surface area contributed by atoms with E-state index in [-0.39, 0.29) is 17.9 Å². The molecule has 2 fully saturated rings. The van der Waals surface area contributed by atoms with E-state index in [2.05, 4.69) is 31.2 Å². The lowest BCUT2D eigenvalue weighted by atomic mass is 9.99. The van der Waals surface area contributed by atoms with Gasteiger partial charge in [-0.1, -0.05) is 12.1 Å². The van der Waals surface area contributed by atoms with Gasteiger partial charge < -0.3 is 24.6 Å². The molecule has 3 aromatic rings. The van der Waals surface area contributed by atoms with Crippen LogP contribution in [0.1, 0.15) is 58.9 Å². The normalized spacial score (nSPS) is 17.9. The fourth-order valence-electron chi connectivity index (χ4n) is 6.31. The van der Waals surface area contributed by atoms with Crippen molar-refractivity contribution in [1.29, 1.82) is 0 Å². The zero-order valence-electron chi connectivity index (χ0n) is 24.9. The summed E-state index contributed by atoms with van der Waals surface area (Å²) in [5, 5.41) is 2.91. The summed E-state index contributed by atoms with van der Waals surface area (Å²) in [6.07, 6.45) is 0.237. The molecule has 234 valence electrons. The van der Waals surface area contributed by atoms with Gasteiger partial charge in [0.25, 0.3) is 5.91 Å². The number of piperazine rings is 1. The standard InChI is InChI=1S/C32H37F3N6O3/c1-43-27-11-8-21(19-28(27)44-2)25(7-4-13-36-31-37-14-12-29(38-31)32(33,34)35)41-20-24-23(30(41)42)5-3-6-26(24)40-17-15-39(16-18-40)22-9-10-22/h3,5-6,8,11-12,14,19,22,25H,4,7,9-10,13,15-18,20H2,1-2H3,(H,36,37,38)/t25-/m1/s1. The van der Waals surface area contributed by atoms with Crippen LogP contribution in [0.25, 0.3) is 0 Å². The van der Waals surface area contributed by atoms with E-state index in [9.17, 15) is 18.0 Å². The fourth-order valence-corrected chi connectivity index (χ4v) is 6.31. The van der Waals surface area contributed by atoms with Crippen LogP contribution in [0.4, 0.5) is 24.8 Å². The highest BCUT2D eigenvalue weighted by Crippen LogP contribution is 2.41. The van der Waals surface area contributed by atoms with Crippen molar-refractivity contribution in [2.45, 2.75) is 50.5 Å². The number of aromatic nitrogens is 2. The molecule has 0 radical (unpaired) electrons. The summed E-state index contributed by atoms with van der Waals surface area (Å²) in [4.78, 5) is 28.4. The van der Waals surface area contributed by atoms with E-state index in [1.54, 1.807) is 14.2 Å². The summed E-state index contributed by atoms with van der Waals surface area (Å²) in [6, 6.07) is 12.9. The highest BCUT2D eigenvalue weighted by atomic mass is 19.4. The number of hydrogen-bond acceptors (Lipinski definition) is 8. The molecule has 1 saturated carbocycles. The van der Waals surface area contributed by atoms with Crippen LogP contribution in [0.3, 0.4) is 0 Å². The van der Waals surface area contributed by atoms with Crippen LogP contribution in [0.5, 0.6) is 11.5 Å². The third-order valence-corrected chi connectivity index (χ3v) is 8.74. The summed E-state index contributed by atoms with van der Waals surface area (Å²) in [5.74, 6) is 1.02. The number of nitrogens with zero attached hydrogens (tertiary/aromatic N) is 5. The van der Waals surface area contributed by atoms with E-state index in [1.807, 2.05) is 35.2 Å². The largest absolute Gasteiger partial charge is 0.493 e. The number of carbonyl (C=O) groups is 1. The van der Waals surface area contributed by atoms with Crippen LogP contribution in [-0.2, 0) is 12.7 Å². The second kappa shape index (κ2) is 12.5. The number of fused-ring (bicyclic) bond motifs is 1. The van der Waals surface area contributed by atoms with Gasteiger partial charge in [-0.15, -0.1) is 0 Å². The first-order chi connectivity index (χ1) is 21.3. The van der Waals surface area contributed by atoms with Gasteiger partial charge in [0.15, 0.2) is 11.5 Å². The molecule has 1 aromatic heterocycles. The number of anilines is 2. The third kappa shape index (κ3) is 6.26. The Labute approximate surface area is 255 Å². The highest BCUT2D eigenvalue weighted by Gasteiger charge is 2.37. The Morgan fingerprint density at radius 1 is 1.02 bits per heavy atom. The van der Waals surface area contributed by atoms with Gasteiger partial charge in [0.1, 0.15) is 5.69 Å². The van der Waals surface area contributed by atoms with Crippen molar-refractivity contribution in [2.75, 3.05) is 57.2 Å². The molecule has 2 aromatic carbocycles. The van der Waals surface area contributed by atoms with E-state index in [1.165, 1.54) is 12.8 Å². The minimum Gasteiger partial charge on any atom is -0.493 e. The van der Waals surface area contributed by atoms with Gasteiger partial charge in [0.05, 0.1) is 20.3 Å². The number of carbonyl (C=O) groups excluding carboxylic acids is 1. The maximum atomic E-state index is 14.0. The number of methoxy groups -OCH3 is 2. The molecule has 12 heteroatoms. The molecule has 3 heterocycles. The molecule has 1 atom stereocenters. The van der Waals surface area contributed by atoms with Crippen molar-refractivity contribution in [3.05, 3.63) is 71.0 Å². The maximum Gasteiger partial charge on any atom is 0.433 e. The lowest BCUT2D eigenvalue weighted by molar-refractivity contribution is -0.141. The molecule has 1 amide bonds. The first-order valence-electron chi connectivity index (χ1n) is 15.0. The first kappa shape index (κ1) is 30.0. The van der Waals surface area contributed by atoms with Gasteiger partial charge in [0.2, 0.25) is 5.95 Å². The van der Waals surface area contributed by atoms with Crippen LogP contribution in [-0.4, -0.2) is 78.7 Å². The average Bonchev–Trinajstić information content (AvgIpc) is 3.84. The van der Waals surface area contributed by atoms with E-state index in [0.717, 1.165) is 61.3 Å². The van der Waals surface area contributed by atoms with Gasteiger partial charge >= 0.3 is 6.18 Å². The number of nitrogens with one attached hydrogen (secondary N) is 1. The van der Waals surface area contributed by atoms with Crippen molar-refractivity contribution in [3.63, 3.8) is 0 Å². The number of rotatable bonds is 11. The molecule has 0 bridgehead atoms. The molecule has 9 nitrogen and oxygen atoms in total. The number of benzene rings is 2. The highest BCUT2D eigenvalue weighted by molar-refractivity contribution is 6.00. The lowest BCUT2D eigenvalue weighted by Crippen LogP contribution is -2.47. The number of ether oxygens (including phenoxy) is 2. The van der Waals surface area contributed by atoms with Crippen molar-refractivity contribution in [1.82, 2.24) is 19.8 Å². The van der Waals surface area contributed by atoms with Crippen molar-refractivity contribution in [2.24, 2.45) is 0 Å². The van der Waals surface area contributed by atoms with Gasteiger partial charge in [-0.3, -0.25) is 9.69 Å².